The van der Waals surface area contributed by atoms with Gasteiger partial charge in [-0.15, -0.1) is 0 Å². The van der Waals surface area contributed by atoms with Crippen molar-refractivity contribution in [2.45, 2.75) is 77.0 Å². The average molecular weight is 270 g/mol. The Labute approximate surface area is 125 Å². The van der Waals surface area contributed by atoms with Crippen LogP contribution in [0.15, 0.2) is 24.3 Å². The topological polar surface area (TPSA) is 0 Å². The van der Waals surface area contributed by atoms with Gasteiger partial charge in [-0.1, -0.05) is 75.6 Å². The van der Waals surface area contributed by atoms with Crippen LogP contribution in [0.4, 0.5) is 0 Å². The highest BCUT2D eigenvalue weighted by Gasteiger charge is 2.26. The summed E-state index contributed by atoms with van der Waals surface area (Å²) in [4.78, 5) is 0. The molecule has 1 aromatic rings. The van der Waals surface area contributed by atoms with Crippen LogP contribution in [-0.4, -0.2) is 0 Å². The highest BCUT2D eigenvalue weighted by atomic mass is 14.3. The molecule has 0 atom stereocenters. The van der Waals surface area contributed by atoms with Crippen LogP contribution in [0.1, 0.15) is 75.3 Å². The molecule has 0 unspecified atom stereocenters. The molecule has 4 rings (SSSR count). The summed E-state index contributed by atoms with van der Waals surface area (Å²) in [7, 11) is 0. The first-order chi connectivity index (χ1) is 9.93. The van der Waals surface area contributed by atoms with E-state index in [0.717, 1.165) is 11.8 Å². The maximum atomic E-state index is 2.26. The molecule has 0 nitrogen and oxygen atoms in total. The van der Waals surface area contributed by atoms with Gasteiger partial charge in [0, 0.05) is 0 Å². The van der Waals surface area contributed by atoms with Crippen molar-refractivity contribution in [3.63, 3.8) is 0 Å². The number of benzene rings is 1. The van der Waals surface area contributed by atoms with Gasteiger partial charge in [-0.3, -0.25) is 0 Å². The van der Waals surface area contributed by atoms with Crippen molar-refractivity contribution in [2.24, 2.45) is 11.8 Å². The lowest BCUT2D eigenvalue weighted by atomic mass is 9.71. The quantitative estimate of drug-likeness (QED) is 0.548. The molecule has 0 heteroatoms. The minimum atomic E-state index is 1.16. The lowest BCUT2D eigenvalue weighted by Gasteiger charge is -2.35. The average Bonchev–Trinajstić information content (AvgIpc) is 2.56. The molecule has 0 aromatic heterocycles. The van der Waals surface area contributed by atoms with Gasteiger partial charge in [-0.05, 0) is 48.6 Å². The summed E-state index contributed by atoms with van der Waals surface area (Å²) in [6.45, 7) is 0. The zero-order chi connectivity index (χ0) is 13.6. The minimum absolute atomic E-state index is 1.16. The molecule has 2 saturated carbocycles. The second-order valence-corrected chi connectivity index (χ2v) is 7.06. The third-order valence-corrected chi connectivity index (χ3v) is 5.73. The Morgan fingerprint density at radius 1 is 0.550 bits per heavy atom. The van der Waals surface area contributed by atoms with E-state index in [1.54, 1.807) is 36.8 Å². The second-order valence-electron chi connectivity index (χ2n) is 7.06. The van der Waals surface area contributed by atoms with Crippen molar-refractivity contribution in [1.29, 1.82) is 0 Å². The lowest BCUT2D eigenvalue weighted by Crippen LogP contribution is -2.22. The summed E-state index contributed by atoms with van der Waals surface area (Å²) >= 11 is 0. The lowest BCUT2D eigenvalue weighted by molar-refractivity contribution is 0.171. The van der Waals surface area contributed by atoms with Crippen LogP contribution in [0.2, 0.25) is 0 Å². The third-order valence-electron chi connectivity index (χ3n) is 5.73. The number of rotatable bonds is 0. The molecule has 0 aliphatic heterocycles. The molecular weight excluding hydrogens is 240 g/mol. The van der Waals surface area contributed by atoms with Gasteiger partial charge >= 0.3 is 0 Å². The summed E-state index contributed by atoms with van der Waals surface area (Å²) in [5.74, 6) is 2.31. The molecule has 0 saturated heterocycles. The van der Waals surface area contributed by atoms with Gasteiger partial charge in [0.2, 0.25) is 0 Å². The molecule has 0 spiro atoms. The summed E-state index contributed by atoms with van der Waals surface area (Å²) < 4.78 is 0. The molecule has 3 aliphatic carbocycles. The van der Waals surface area contributed by atoms with Crippen molar-refractivity contribution in [3.05, 3.63) is 35.4 Å². The normalized spacial score (nSPS) is 28.6. The second kappa shape index (κ2) is 7.29. The van der Waals surface area contributed by atoms with Crippen LogP contribution in [0.5, 0.6) is 0 Å². The Bertz CT molecular complexity index is 355. The third kappa shape index (κ3) is 3.65. The smallest absolute Gasteiger partial charge is 0.0276 e. The van der Waals surface area contributed by atoms with E-state index in [4.69, 9.17) is 0 Å². The molecule has 0 N–H and O–H groups in total. The van der Waals surface area contributed by atoms with Gasteiger partial charge in [0.15, 0.2) is 0 Å². The molecule has 3 aliphatic rings. The summed E-state index contributed by atoms with van der Waals surface area (Å²) in [5, 5.41) is 0. The van der Waals surface area contributed by atoms with E-state index in [1.165, 1.54) is 51.4 Å². The fraction of sp³-hybridized carbons (Fsp3) is 0.700. The van der Waals surface area contributed by atoms with Crippen molar-refractivity contribution in [2.75, 3.05) is 0 Å². The highest BCUT2D eigenvalue weighted by molar-refractivity contribution is 5.28. The molecular formula is C20H30. The number of aryl methyl sites for hydroxylation is 2. The van der Waals surface area contributed by atoms with Gasteiger partial charge in [-0.25, -0.2) is 0 Å². The molecule has 0 heterocycles. The van der Waals surface area contributed by atoms with Crippen LogP contribution in [-0.2, 0) is 12.8 Å². The van der Waals surface area contributed by atoms with E-state index in [9.17, 15) is 0 Å². The van der Waals surface area contributed by atoms with E-state index in [2.05, 4.69) is 24.3 Å². The Hall–Kier alpha value is -0.780. The Balaban J connectivity index is 0.000000121. The van der Waals surface area contributed by atoms with Crippen molar-refractivity contribution < 1.29 is 0 Å². The van der Waals surface area contributed by atoms with Crippen LogP contribution in [0, 0.1) is 11.8 Å². The van der Waals surface area contributed by atoms with E-state index < -0.39 is 0 Å². The Morgan fingerprint density at radius 3 is 1.35 bits per heavy atom. The summed E-state index contributed by atoms with van der Waals surface area (Å²) in [6.07, 6.45) is 17.7. The molecule has 0 radical (unpaired) electrons. The molecule has 0 amide bonds. The molecule has 110 valence electrons. The zero-order valence-corrected chi connectivity index (χ0v) is 12.9. The minimum Gasteiger partial charge on any atom is -0.0620 e. The number of hydrogen-bond acceptors (Lipinski definition) is 0. The zero-order valence-electron chi connectivity index (χ0n) is 12.9. The molecule has 2 fully saturated rings. The van der Waals surface area contributed by atoms with Gasteiger partial charge in [-0.2, -0.15) is 0 Å². The Morgan fingerprint density at radius 2 is 0.950 bits per heavy atom. The van der Waals surface area contributed by atoms with Gasteiger partial charge in [0.05, 0.1) is 0 Å². The fourth-order valence-corrected chi connectivity index (χ4v) is 4.53. The molecule has 0 bridgehead atoms. The number of fused-ring (bicyclic) bond motifs is 2. The fourth-order valence-electron chi connectivity index (χ4n) is 4.53. The first kappa shape index (κ1) is 14.2. The standard InChI is InChI=1S/C10H18.C10H12/c2*1-2-6-10-8-4-3-7-9(10)5-1/h9-10H,1-8H2;1-2,5-6H,3-4,7-8H2. The van der Waals surface area contributed by atoms with Gasteiger partial charge in [0.1, 0.15) is 0 Å². The van der Waals surface area contributed by atoms with Crippen LogP contribution in [0.25, 0.3) is 0 Å². The molecule has 1 aromatic carbocycles. The predicted octanol–water partition coefficient (Wildman–Crippen LogP) is 5.93. The molecule has 20 heavy (non-hydrogen) atoms. The monoisotopic (exact) mass is 270 g/mol. The maximum Gasteiger partial charge on any atom is -0.0276 e. The summed E-state index contributed by atoms with van der Waals surface area (Å²) in [6, 6.07) is 8.80. The predicted molar refractivity (Wildman–Crippen MR) is 87.0 cm³/mol. The largest absolute Gasteiger partial charge is 0.0620 e. The van der Waals surface area contributed by atoms with E-state index >= 15 is 0 Å². The van der Waals surface area contributed by atoms with Gasteiger partial charge < -0.3 is 0 Å². The van der Waals surface area contributed by atoms with Crippen molar-refractivity contribution >= 4 is 0 Å². The van der Waals surface area contributed by atoms with Crippen LogP contribution < -0.4 is 0 Å². The highest BCUT2D eigenvalue weighted by Crippen LogP contribution is 2.39. The van der Waals surface area contributed by atoms with Crippen molar-refractivity contribution in [1.82, 2.24) is 0 Å². The van der Waals surface area contributed by atoms with Gasteiger partial charge in [0.25, 0.3) is 0 Å². The van der Waals surface area contributed by atoms with Crippen LogP contribution >= 0.6 is 0 Å². The van der Waals surface area contributed by atoms with Crippen molar-refractivity contribution in [3.8, 4) is 0 Å². The Kier molecular flexibility index (Phi) is 5.17. The van der Waals surface area contributed by atoms with E-state index in [1.807, 2.05) is 0 Å². The SMILES string of the molecule is C1CCC2CCCCC2C1.c1ccc2c(c1)CCCC2. The van der Waals surface area contributed by atoms with Crippen LogP contribution in [0.3, 0.4) is 0 Å². The first-order valence-electron chi connectivity index (χ1n) is 9.00. The first-order valence-corrected chi connectivity index (χ1v) is 9.00. The van der Waals surface area contributed by atoms with E-state index in [0.29, 0.717) is 0 Å². The summed E-state index contributed by atoms with van der Waals surface area (Å²) in [5.41, 5.74) is 3.16. The van der Waals surface area contributed by atoms with E-state index in [-0.39, 0.29) is 0 Å². The number of hydrogen-bond donors (Lipinski definition) is 0. The maximum absolute atomic E-state index is 2.26.